The van der Waals surface area contributed by atoms with Crippen molar-refractivity contribution in [2.45, 2.75) is 13.3 Å². The van der Waals surface area contributed by atoms with Gasteiger partial charge in [0.2, 0.25) is 0 Å². The van der Waals surface area contributed by atoms with Gasteiger partial charge in [-0.05, 0) is 6.92 Å². The molecule has 1 aliphatic rings. The van der Waals surface area contributed by atoms with Gasteiger partial charge in [-0.3, -0.25) is 4.79 Å². The molecule has 1 aliphatic heterocycles. The second kappa shape index (κ2) is 4.01. The molecule has 0 aromatic heterocycles. The normalized spacial score (nSPS) is 21.6. The maximum atomic E-state index is 11.5. The second-order valence-electron chi connectivity index (χ2n) is 2.90. The molecule has 0 radical (unpaired) electrons. The van der Waals surface area contributed by atoms with E-state index in [0.29, 0.717) is 13.0 Å². The quantitative estimate of drug-likeness (QED) is 0.646. The SMILES string of the molecule is CC1=NN(CCC#N)C(=O)C1CN. The van der Waals surface area contributed by atoms with E-state index in [4.69, 9.17) is 11.0 Å². The van der Waals surface area contributed by atoms with Gasteiger partial charge in [0.05, 0.1) is 25.0 Å². The van der Waals surface area contributed by atoms with Crippen molar-refractivity contribution in [3.63, 3.8) is 0 Å². The molecule has 0 fully saturated rings. The van der Waals surface area contributed by atoms with Crippen LogP contribution in [-0.2, 0) is 4.79 Å². The fourth-order valence-electron chi connectivity index (χ4n) is 1.26. The van der Waals surface area contributed by atoms with E-state index in [1.165, 1.54) is 5.01 Å². The lowest BCUT2D eigenvalue weighted by molar-refractivity contribution is -0.131. The third-order valence-corrected chi connectivity index (χ3v) is 2.01. The molecule has 5 heteroatoms. The Morgan fingerprint density at radius 1 is 1.77 bits per heavy atom. The molecule has 0 aromatic carbocycles. The number of hydrazone groups is 1. The van der Waals surface area contributed by atoms with Crippen LogP contribution >= 0.6 is 0 Å². The number of rotatable bonds is 3. The van der Waals surface area contributed by atoms with Gasteiger partial charge in [0.15, 0.2) is 0 Å². The smallest absolute Gasteiger partial charge is 0.252 e. The summed E-state index contributed by atoms with van der Waals surface area (Å²) in [6.45, 7) is 2.43. The van der Waals surface area contributed by atoms with Crippen LogP contribution in [-0.4, -0.2) is 29.7 Å². The van der Waals surface area contributed by atoms with Crippen LogP contribution in [0.5, 0.6) is 0 Å². The second-order valence-corrected chi connectivity index (χ2v) is 2.90. The third kappa shape index (κ3) is 1.84. The van der Waals surface area contributed by atoms with Crippen molar-refractivity contribution >= 4 is 11.6 Å². The number of nitrogens with two attached hydrogens (primary N) is 1. The number of carbonyl (C=O) groups is 1. The zero-order valence-corrected chi connectivity index (χ0v) is 7.53. The molecule has 0 bridgehead atoms. The summed E-state index contributed by atoms with van der Waals surface area (Å²) in [5.41, 5.74) is 6.15. The zero-order chi connectivity index (χ0) is 9.84. The molecule has 70 valence electrons. The van der Waals surface area contributed by atoms with Crippen LogP contribution in [0, 0.1) is 17.2 Å². The standard InChI is InChI=1S/C8H12N4O/c1-6-7(5-10)8(13)12(11-6)4-2-3-9/h7H,2,4-5,10H2,1H3. The van der Waals surface area contributed by atoms with Crippen molar-refractivity contribution in [2.75, 3.05) is 13.1 Å². The Kier molecular flexibility index (Phi) is 2.98. The Hall–Kier alpha value is -1.41. The fourth-order valence-corrected chi connectivity index (χ4v) is 1.26. The van der Waals surface area contributed by atoms with Gasteiger partial charge in [0.1, 0.15) is 0 Å². The molecule has 2 N–H and O–H groups in total. The van der Waals surface area contributed by atoms with E-state index in [2.05, 4.69) is 5.10 Å². The van der Waals surface area contributed by atoms with E-state index < -0.39 is 0 Å². The molecule has 1 unspecified atom stereocenters. The molecule has 1 rings (SSSR count). The van der Waals surface area contributed by atoms with Crippen LogP contribution in [0.1, 0.15) is 13.3 Å². The number of hydrogen-bond acceptors (Lipinski definition) is 4. The summed E-state index contributed by atoms with van der Waals surface area (Å²) >= 11 is 0. The average molecular weight is 180 g/mol. The summed E-state index contributed by atoms with van der Waals surface area (Å²) in [6.07, 6.45) is 0.305. The third-order valence-electron chi connectivity index (χ3n) is 2.01. The molecular weight excluding hydrogens is 168 g/mol. The highest BCUT2D eigenvalue weighted by Crippen LogP contribution is 2.14. The zero-order valence-electron chi connectivity index (χ0n) is 7.53. The topological polar surface area (TPSA) is 82.5 Å². The van der Waals surface area contributed by atoms with Crippen LogP contribution in [0.15, 0.2) is 5.10 Å². The van der Waals surface area contributed by atoms with Crippen molar-refractivity contribution in [3.05, 3.63) is 0 Å². The van der Waals surface area contributed by atoms with Gasteiger partial charge in [-0.1, -0.05) is 0 Å². The highest BCUT2D eigenvalue weighted by Gasteiger charge is 2.31. The lowest BCUT2D eigenvalue weighted by atomic mass is 10.1. The maximum Gasteiger partial charge on any atom is 0.252 e. The number of nitrogens with zero attached hydrogens (tertiary/aromatic N) is 3. The summed E-state index contributed by atoms with van der Waals surface area (Å²) in [6, 6.07) is 1.97. The summed E-state index contributed by atoms with van der Waals surface area (Å²) in [5, 5.41) is 13.7. The van der Waals surface area contributed by atoms with Gasteiger partial charge in [0.25, 0.3) is 5.91 Å². The lowest BCUT2D eigenvalue weighted by Crippen LogP contribution is -2.32. The average Bonchev–Trinajstić information content (AvgIpc) is 2.38. The molecular formula is C8H12N4O. The first-order valence-electron chi connectivity index (χ1n) is 4.14. The van der Waals surface area contributed by atoms with Gasteiger partial charge in [0, 0.05) is 12.3 Å². The molecule has 13 heavy (non-hydrogen) atoms. The van der Waals surface area contributed by atoms with E-state index in [-0.39, 0.29) is 18.4 Å². The Morgan fingerprint density at radius 2 is 2.46 bits per heavy atom. The predicted octanol–water partition coefficient (Wildman–Crippen LogP) is -0.307. The van der Waals surface area contributed by atoms with Crippen molar-refractivity contribution in [1.82, 2.24) is 5.01 Å². The predicted molar refractivity (Wildman–Crippen MR) is 47.6 cm³/mol. The van der Waals surface area contributed by atoms with E-state index >= 15 is 0 Å². The van der Waals surface area contributed by atoms with E-state index in [0.717, 1.165) is 5.71 Å². The molecule has 0 aromatic rings. The van der Waals surface area contributed by atoms with Crippen molar-refractivity contribution < 1.29 is 4.79 Å². The Labute approximate surface area is 76.8 Å². The van der Waals surface area contributed by atoms with Crippen molar-refractivity contribution in [3.8, 4) is 6.07 Å². The van der Waals surface area contributed by atoms with Crippen LogP contribution in [0.3, 0.4) is 0 Å². The van der Waals surface area contributed by atoms with Crippen LogP contribution in [0.2, 0.25) is 0 Å². The Balaban J connectivity index is 2.62. The first-order valence-corrected chi connectivity index (χ1v) is 4.14. The van der Waals surface area contributed by atoms with Crippen LogP contribution in [0.25, 0.3) is 0 Å². The van der Waals surface area contributed by atoms with Crippen LogP contribution in [0.4, 0.5) is 0 Å². The summed E-state index contributed by atoms with van der Waals surface area (Å²) in [4.78, 5) is 11.5. The van der Waals surface area contributed by atoms with Crippen LogP contribution < -0.4 is 5.73 Å². The lowest BCUT2D eigenvalue weighted by Gasteiger charge is -2.10. The summed E-state index contributed by atoms with van der Waals surface area (Å²) < 4.78 is 0. The highest BCUT2D eigenvalue weighted by atomic mass is 16.2. The molecule has 0 saturated carbocycles. The summed E-state index contributed by atoms with van der Waals surface area (Å²) in [7, 11) is 0. The Morgan fingerprint density at radius 3 is 2.92 bits per heavy atom. The highest BCUT2D eigenvalue weighted by molar-refractivity contribution is 6.07. The van der Waals surface area contributed by atoms with E-state index in [1.54, 1.807) is 6.92 Å². The minimum atomic E-state index is -0.279. The Bertz CT molecular complexity index is 278. The molecule has 5 nitrogen and oxygen atoms in total. The molecule has 0 spiro atoms. The van der Waals surface area contributed by atoms with Gasteiger partial charge in [-0.25, -0.2) is 5.01 Å². The number of hydrogen-bond donors (Lipinski definition) is 1. The molecule has 0 aliphatic carbocycles. The van der Waals surface area contributed by atoms with Crippen molar-refractivity contribution in [1.29, 1.82) is 5.26 Å². The number of amides is 1. The minimum Gasteiger partial charge on any atom is -0.329 e. The van der Waals surface area contributed by atoms with Gasteiger partial charge < -0.3 is 5.73 Å². The van der Waals surface area contributed by atoms with Gasteiger partial charge in [-0.15, -0.1) is 0 Å². The monoisotopic (exact) mass is 180 g/mol. The molecule has 0 saturated heterocycles. The largest absolute Gasteiger partial charge is 0.329 e. The van der Waals surface area contributed by atoms with Gasteiger partial charge >= 0.3 is 0 Å². The summed E-state index contributed by atoms with van der Waals surface area (Å²) in [5.74, 6) is -0.367. The van der Waals surface area contributed by atoms with E-state index in [1.807, 2.05) is 6.07 Å². The van der Waals surface area contributed by atoms with Gasteiger partial charge in [-0.2, -0.15) is 10.4 Å². The van der Waals surface area contributed by atoms with Crippen molar-refractivity contribution in [2.24, 2.45) is 16.8 Å². The fraction of sp³-hybridized carbons (Fsp3) is 0.625. The molecule has 1 heterocycles. The number of nitriles is 1. The first-order chi connectivity index (χ1) is 6.20. The molecule has 1 atom stereocenters. The first kappa shape index (κ1) is 9.68. The molecule has 1 amide bonds. The number of carbonyl (C=O) groups excluding carboxylic acids is 1. The minimum absolute atomic E-state index is 0.0877. The van der Waals surface area contributed by atoms with E-state index in [9.17, 15) is 4.79 Å². The maximum absolute atomic E-state index is 11.5.